The van der Waals surface area contributed by atoms with Crippen molar-refractivity contribution in [1.29, 1.82) is 0 Å². The number of benzene rings is 2. The summed E-state index contributed by atoms with van der Waals surface area (Å²) in [6.45, 7) is 0. The average molecular weight is 376 g/mol. The van der Waals surface area contributed by atoms with Crippen LogP contribution in [0.2, 0.25) is 5.02 Å². The first-order chi connectivity index (χ1) is 11.9. The van der Waals surface area contributed by atoms with Gasteiger partial charge in [-0.1, -0.05) is 35.0 Å². The van der Waals surface area contributed by atoms with Crippen molar-refractivity contribution in [3.8, 4) is 11.4 Å². The van der Waals surface area contributed by atoms with Crippen LogP contribution >= 0.6 is 11.6 Å². The van der Waals surface area contributed by atoms with Crippen molar-refractivity contribution in [3.05, 3.63) is 65.0 Å². The van der Waals surface area contributed by atoms with Gasteiger partial charge in [-0.3, -0.25) is 4.72 Å². The van der Waals surface area contributed by atoms with Gasteiger partial charge in [0.15, 0.2) is 0 Å². The third-order valence-electron chi connectivity index (χ3n) is 3.20. The van der Waals surface area contributed by atoms with Crippen LogP contribution in [-0.4, -0.2) is 24.8 Å². The Morgan fingerprint density at radius 3 is 2.48 bits per heavy atom. The van der Waals surface area contributed by atoms with Crippen LogP contribution in [-0.2, 0) is 10.0 Å². The summed E-state index contributed by atoms with van der Waals surface area (Å²) < 4.78 is 30.0. The number of sulfonamides is 1. The summed E-state index contributed by atoms with van der Waals surface area (Å²) in [6.07, 6.45) is 4.56. The molecule has 0 spiro atoms. The van der Waals surface area contributed by atoms with E-state index in [9.17, 15) is 8.42 Å². The van der Waals surface area contributed by atoms with E-state index < -0.39 is 10.0 Å². The van der Waals surface area contributed by atoms with Gasteiger partial charge in [-0.25, -0.2) is 8.42 Å². The molecule has 0 aliphatic rings. The molecule has 0 radical (unpaired) electrons. The molecule has 8 heteroatoms. The number of hydrogen-bond acceptors (Lipinski definition) is 5. The zero-order valence-electron chi connectivity index (χ0n) is 13.2. The molecular weight excluding hydrogens is 362 g/mol. The molecule has 0 saturated heterocycles. The quantitative estimate of drug-likeness (QED) is 0.730. The SMILES string of the molecule is CS(=O)(=O)Nc1ccc(-c2noc(/C=C/c3ccccc3Cl)n2)cc1. The smallest absolute Gasteiger partial charge is 0.250 e. The predicted octanol–water partition coefficient (Wildman–Crippen LogP) is 3.93. The van der Waals surface area contributed by atoms with E-state index in [1.165, 1.54) is 0 Å². The standard InChI is InChI=1S/C17H14ClN3O3S/c1-25(22,23)21-14-9-6-13(7-10-14)17-19-16(24-20-17)11-8-12-4-2-3-5-15(12)18/h2-11,21H,1H3/b11-8+. The number of anilines is 1. The number of hydrogen-bond donors (Lipinski definition) is 1. The molecule has 0 fully saturated rings. The van der Waals surface area contributed by atoms with Crippen molar-refractivity contribution >= 4 is 39.5 Å². The Hall–Kier alpha value is -2.64. The Morgan fingerprint density at radius 1 is 1.08 bits per heavy atom. The zero-order valence-corrected chi connectivity index (χ0v) is 14.8. The summed E-state index contributed by atoms with van der Waals surface area (Å²) >= 11 is 6.09. The first-order valence-electron chi connectivity index (χ1n) is 7.25. The number of aromatic nitrogens is 2. The van der Waals surface area contributed by atoms with Crippen molar-refractivity contribution in [2.45, 2.75) is 0 Å². The molecule has 0 bridgehead atoms. The second-order valence-electron chi connectivity index (χ2n) is 5.26. The van der Waals surface area contributed by atoms with Crippen molar-refractivity contribution < 1.29 is 12.9 Å². The van der Waals surface area contributed by atoms with Gasteiger partial charge in [-0.2, -0.15) is 4.98 Å². The van der Waals surface area contributed by atoms with Crippen LogP contribution in [0, 0.1) is 0 Å². The lowest BCUT2D eigenvalue weighted by atomic mass is 10.2. The van der Waals surface area contributed by atoms with Crippen LogP contribution in [0.3, 0.4) is 0 Å². The molecule has 3 rings (SSSR count). The molecule has 2 aromatic carbocycles. The zero-order chi connectivity index (χ0) is 17.9. The van der Waals surface area contributed by atoms with Crippen molar-refractivity contribution in [3.63, 3.8) is 0 Å². The van der Waals surface area contributed by atoms with E-state index in [-0.39, 0.29) is 0 Å². The fraction of sp³-hybridized carbons (Fsp3) is 0.0588. The van der Waals surface area contributed by atoms with Crippen LogP contribution in [0.15, 0.2) is 53.1 Å². The molecular formula is C17H14ClN3O3S. The van der Waals surface area contributed by atoms with E-state index in [4.69, 9.17) is 16.1 Å². The minimum Gasteiger partial charge on any atom is -0.334 e. The van der Waals surface area contributed by atoms with Gasteiger partial charge in [0.05, 0.1) is 6.26 Å². The third kappa shape index (κ3) is 4.68. The molecule has 1 N–H and O–H groups in total. The van der Waals surface area contributed by atoms with Gasteiger partial charge in [0.1, 0.15) is 0 Å². The minimum absolute atomic E-state index is 0.341. The van der Waals surface area contributed by atoms with E-state index >= 15 is 0 Å². The Bertz CT molecular complexity index is 1010. The van der Waals surface area contributed by atoms with Gasteiger partial charge in [0, 0.05) is 22.3 Å². The maximum absolute atomic E-state index is 11.2. The highest BCUT2D eigenvalue weighted by molar-refractivity contribution is 7.92. The molecule has 0 atom stereocenters. The maximum atomic E-state index is 11.2. The van der Waals surface area contributed by atoms with Gasteiger partial charge in [-0.15, -0.1) is 0 Å². The molecule has 0 aliphatic heterocycles. The first kappa shape index (κ1) is 17.2. The Labute approximate surface area is 150 Å². The van der Waals surface area contributed by atoms with E-state index in [2.05, 4.69) is 14.9 Å². The summed E-state index contributed by atoms with van der Waals surface area (Å²) in [4.78, 5) is 4.28. The molecule has 25 heavy (non-hydrogen) atoms. The summed E-state index contributed by atoms with van der Waals surface area (Å²) in [5, 5.41) is 4.55. The van der Waals surface area contributed by atoms with Gasteiger partial charge in [0.25, 0.3) is 5.89 Å². The summed E-state index contributed by atoms with van der Waals surface area (Å²) in [5.41, 5.74) is 2.02. The number of rotatable bonds is 5. The van der Waals surface area contributed by atoms with Crippen LogP contribution in [0.5, 0.6) is 0 Å². The molecule has 0 amide bonds. The fourth-order valence-electron chi connectivity index (χ4n) is 2.09. The Kier molecular flexibility index (Phi) is 4.87. The van der Waals surface area contributed by atoms with Crippen LogP contribution < -0.4 is 4.72 Å². The Balaban J connectivity index is 1.76. The Morgan fingerprint density at radius 2 is 1.80 bits per heavy atom. The van der Waals surface area contributed by atoms with E-state index in [0.29, 0.717) is 28.0 Å². The highest BCUT2D eigenvalue weighted by Gasteiger charge is 2.08. The molecule has 0 saturated carbocycles. The van der Waals surface area contributed by atoms with E-state index in [1.807, 2.05) is 18.2 Å². The molecule has 1 aromatic heterocycles. The van der Waals surface area contributed by atoms with Gasteiger partial charge in [0.2, 0.25) is 15.8 Å². The monoisotopic (exact) mass is 375 g/mol. The molecule has 3 aromatic rings. The molecule has 0 aliphatic carbocycles. The van der Waals surface area contributed by atoms with Crippen molar-refractivity contribution in [2.24, 2.45) is 0 Å². The number of nitrogens with zero attached hydrogens (tertiary/aromatic N) is 2. The van der Waals surface area contributed by atoms with Crippen LogP contribution in [0.1, 0.15) is 11.5 Å². The third-order valence-corrected chi connectivity index (χ3v) is 4.15. The average Bonchev–Trinajstić information content (AvgIpc) is 3.02. The van der Waals surface area contributed by atoms with Gasteiger partial charge in [-0.05, 0) is 42.0 Å². The topological polar surface area (TPSA) is 85.1 Å². The molecule has 6 nitrogen and oxygen atoms in total. The second-order valence-corrected chi connectivity index (χ2v) is 7.42. The largest absolute Gasteiger partial charge is 0.334 e. The number of halogens is 1. The highest BCUT2D eigenvalue weighted by Crippen LogP contribution is 2.21. The first-order valence-corrected chi connectivity index (χ1v) is 9.52. The lowest BCUT2D eigenvalue weighted by Crippen LogP contribution is -2.09. The number of nitrogens with one attached hydrogen (secondary N) is 1. The fourth-order valence-corrected chi connectivity index (χ4v) is 2.86. The van der Waals surface area contributed by atoms with Crippen LogP contribution in [0.4, 0.5) is 5.69 Å². The summed E-state index contributed by atoms with van der Waals surface area (Å²) in [7, 11) is -3.31. The lowest BCUT2D eigenvalue weighted by Gasteiger charge is -2.03. The van der Waals surface area contributed by atoms with Crippen molar-refractivity contribution in [2.75, 3.05) is 11.0 Å². The second kappa shape index (κ2) is 7.08. The van der Waals surface area contributed by atoms with Crippen molar-refractivity contribution in [1.82, 2.24) is 10.1 Å². The minimum atomic E-state index is -3.31. The van der Waals surface area contributed by atoms with Gasteiger partial charge < -0.3 is 4.52 Å². The summed E-state index contributed by atoms with van der Waals surface area (Å²) in [6, 6.07) is 14.1. The maximum Gasteiger partial charge on any atom is 0.250 e. The summed E-state index contributed by atoms with van der Waals surface area (Å²) in [5.74, 6) is 0.748. The van der Waals surface area contributed by atoms with E-state index in [0.717, 1.165) is 11.8 Å². The van der Waals surface area contributed by atoms with E-state index in [1.54, 1.807) is 42.5 Å². The molecule has 0 unspecified atom stereocenters. The lowest BCUT2D eigenvalue weighted by molar-refractivity contribution is 0.411. The normalized spacial score (nSPS) is 11.8. The highest BCUT2D eigenvalue weighted by atomic mass is 35.5. The predicted molar refractivity (Wildman–Crippen MR) is 98.6 cm³/mol. The van der Waals surface area contributed by atoms with Crippen LogP contribution in [0.25, 0.3) is 23.5 Å². The molecule has 128 valence electrons. The van der Waals surface area contributed by atoms with Gasteiger partial charge >= 0.3 is 0 Å². The molecule has 1 heterocycles.